The van der Waals surface area contributed by atoms with Crippen molar-refractivity contribution < 1.29 is 21.5 Å². The van der Waals surface area contributed by atoms with E-state index in [2.05, 4.69) is 53.2 Å². The van der Waals surface area contributed by atoms with Gasteiger partial charge in [-0.1, -0.05) is 30.3 Å². The second kappa shape index (κ2) is 5.85. The lowest BCUT2D eigenvalue weighted by atomic mass is 10.1. The van der Waals surface area contributed by atoms with Gasteiger partial charge in [0.05, 0.1) is 0 Å². The van der Waals surface area contributed by atoms with Gasteiger partial charge in [-0.2, -0.15) is 4.57 Å². The van der Waals surface area contributed by atoms with Crippen LogP contribution >= 0.6 is 0 Å². The first kappa shape index (κ1) is 13.6. The molecule has 0 saturated heterocycles. The minimum Gasteiger partial charge on any atom is -1.00 e. The van der Waals surface area contributed by atoms with E-state index in [1.54, 1.807) is 0 Å². The molecule has 0 saturated carbocycles. The molecule has 0 aliphatic heterocycles. The van der Waals surface area contributed by atoms with Crippen LogP contribution in [0.1, 0.15) is 5.56 Å². The normalized spacial score (nSPS) is 10.1. The van der Waals surface area contributed by atoms with E-state index >= 15 is 0 Å². The summed E-state index contributed by atoms with van der Waals surface area (Å²) in [7, 11) is 0. The number of halogens is 1. The third-order valence-corrected chi connectivity index (χ3v) is 3.10. The van der Waals surface area contributed by atoms with E-state index in [1.807, 2.05) is 18.2 Å². The van der Waals surface area contributed by atoms with Gasteiger partial charge >= 0.3 is 0 Å². The molecule has 2 N–H and O–H groups in total. The molecule has 0 aliphatic carbocycles. The molecule has 0 atom stereocenters. The van der Waals surface area contributed by atoms with Crippen LogP contribution in [0.2, 0.25) is 0 Å². The summed E-state index contributed by atoms with van der Waals surface area (Å²) in [5.74, 6) is 0. The number of pyridine rings is 1. The first-order valence-electron chi connectivity index (χ1n) is 6.04. The molecule has 0 radical (unpaired) electrons. The largest absolute Gasteiger partial charge is 1.00 e. The minimum atomic E-state index is 0. The van der Waals surface area contributed by atoms with Gasteiger partial charge in [-0.25, -0.2) is 0 Å². The molecule has 19 heavy (non-hydrogen) atoms. The van der Waals surface area contributed by atoms with Crippen LogP contribution in [-0.4, -0.2) is 0 Å². The second-order valence-corrected chi connectivity index (χ2v) is 4.44. The number of benzene rings is 2. The number of hydrogen-bond acceptors (Lipinski definition) is 1. The van der Waals surface area contributed by atoms with Gasteiger partial charge in [-0.05, 0) is 18.2 Å². The fourth-order valence-electron chi connectivity index (χ4n) is 2.22. The summed E-state index contributed by atoms with van der Waals surface area (Å²) in [6.07, 6.45) is 2.10. The molecule has 0 aliphatic rings. The van der Waals surface area contributed by atoms with Crippen molar-refractivity contribution >= 4 is 16.6 Å². The van der Waals surface area contributed by atoms with Crippen LogP contribution in [0.15, 0.2) is 66.9 Å². The minimum absolute atomic E-state index is 0. The lowest BCUT2D eigenvalue weighted by Crippen LogP contribution is -3.00. The van der Waals surface area contributed by atoms with E-state index in [0.29, 0.717) is 0 Å². The summed E-state index contributed by atoms with van der Waals surface area (Å²) in [6, 6.07) is 20.6. The third-order valence-electron chi connectivity index (χ3n) is 3.10. The molecule has 0 spiro atoms. The van der Waals surface area contributed by atoms with Crippen LogP contribution in [0.25, 0.3) is 10.9 Å². The Labute approximate surface area is 123 Å². The first-order valence-corrected chi connectivity index (χ1v) is 6.04. The zero-order chi connectivity index (χ0) is 12.4. The maximum atomic E-state index is 5.82. The highest BCUT2D eigenvalue weighted by atomic mass is 79.9. The van der Waals surface area contributed by atoms with Gasteiger partial charge in [-0.3, -0.25) is 0 Å². The number of nitrogens with two attached hydrogens (primary N) is 1. The molecule has 96 valence electrons. The van der Waals surface area contributed by atoms with Gasteiger partial charge in [0.25, 0.3) is 0 Å². The van der Waals surface area contributed by atoms with Crippen LogP contribution in [0.5, 0.6) is 0 Å². The highest BCUT2D eigenvalue weighted by Gasteiger charge is 2.08. The van der Waals surface area contributed by atoms with Crippen LogP contribution in [-0.2, 0) is 6.54 Å². The number of aromatic nitrogens is 1. The van der Waals surface area contributed by atoms with E-state index in [9.17, 15) is 0 Å². The van der Waals surface area contributed by atoms with Gasteiger partial charge in [0.1, 0.15) is 0 Å². The van der Waals surface area contributed by atoms with Crippen molar-refractivity contribution in [2.45, 2.75) is 6.54 Å². The molecule has 3 aromatic rings. The summed E-state index contributed by atoms with van der Waals surface area (Å²) < 4.78 is 2.24. The molecular formula is C16H15BrN2. The van der Waals surface area contributed by atoms with Crippen molar-refractivity contribution in [2.75, 3.05) is 5.73 Å². The van der Waals surface area contributed by atoms with E-state index in [1.165, 1.54) is 16.5 Å². The number of hydrogen-bond donors (Lipinski definition) is 1. The predicted octanol–water partition coefficient (Wildman–Crippen LogP) is -0.238. The van der Waals surface area contributed by atoms with E-state index in [4.69, 9.17) is 5.73 Å². The van der Waals surface area contributed by atoms with Gasteiger partial charge in [0.2, 0.25) is 5.52 Å². The average Bonchev–Trinajstić information content (AvgIpc) is 2.40. The van der Waals surface area contributed by atoms with Crippen molar-refractivity contribution in [1.82, 2.24) is 0 Å². The van der Waals surface area contributed by atoms with Crippen molar-refractivity contribution in [3.63, 3.8) is 0 Å². The standard InChI is InChI=1S/C16H15N2.BrH/c17-15-8-9-16-14(11-15)7-4-10-18(16)12-13-5-2-1-3-6-13;/h1-11H,12,17H2;1H/q+1;/p-1. The molecule has 0 amide bonds. The lowest BCUT2D eigenvalue weighted by molar-refractivity contribution is -0.662. The van der Waals surface area contributed by atoms with Crippen LogP contribution in [0.3, 0.4) is 0 Å². The maximum Gasteiger partial charge on any atom is 0.212 e. The maximum absolute atomic E-state index is 5.82. The molecule has 3 heteroatoms. The summed E-state index contributed by atoms with van der Waals surface area (Å²) in [6.45, 7) is 0.877. The Morgan fingerprint density at radius 3 is 2.47 bits per heavy atom. The predicted molar refractivity (Wildman–Crippen MR) is 74.1 cm³/mol. The van der Waals surface area contributed by atoms with E-state index in [-0.39, 0.29) is 17.0 Å². The number of anilines is 1. The highest BCUT2D eigenvalue weighted by molar-refractivity contribution is 5.79. The summed E-state index contributed by atoms with van der Waals surface area (Å²) in [5.41, 5.74) is 9.12. The Morgan fingerprint density at radius 2 is 1.68 bits per heavy atom. The molecule has 2 aromatic carbocycles. The highest BCUT2D eigenvalue weighted by Crippen LogP contribution is 2.13. The Kier molecular flexibility index (Phi) is 4.17. The monoisotopic (exact) mass is 314 g/mol. The molecule has 1 aromatic heterocycles. The quantitative estimate of drug-likeness (QED) is 0.514. The number of fused-ring (bicyclic) bond motifs is 1. The Morgan fingerprint density at radius 1 is 0.895 bits per heavy atom. The van der Waals surface area contributed by atoms with E-state index in [0.717, 1.165) is 12.2 Å². The van der Waals surface area contributed by atoms with Crippen molar-refractivity contribution in [1.29, 1.82) is 0 Å². The second-order valence-electron chi connectivity index (χ2n) is 4.44. The zero-order valence-electron chi connectivity index (χ0n) is 10.5. The Bertz CT molecular complexity index is 681. The Hall–Kier alpha value is -1.87. The number of nitrogen functional groups attached to an aromatic ring is 1. The fourth-order valence-corrected chi connectivity index (χ4v) is 2.22. The SMILES string of the molecule is Nc1ccc2c(ccc[n+]2Cc2ccccc2)c1.[Br-]. The Balaban J connectivity index is 0.00000133. The molecular weight excluding hydrogens is 300 g/mol. The van der Waals surface area contributed by atoms with Crippen LogP contribution in [0, 0.1) is 0 Å². The van der Waals surface area contributed by atoms with Gasteiger partial charge in [0, 0.05) is 28.8 Å². The topological polar surface area (TPSA) is 29.9 Å². The molecule has 1 heterocycles. The van der Waals surface area contributed by atoms with Gasteiger partial charge < -0.3 is 22.7 Å². The summed E-state index contributed by atoms with van der Waals surface area (Å²) in [5, 5.41) is 1.17. The van der Waals surface area contributed by atoms with Gasteiger partial charge in [-0.15, -0.1) is 0 Å². The van der Waals surface area contributed by atoms with Crippen LogP contribution in [0.4, 0.5) is 5.69 Å². The average molecular weight is 315 g/mol. The molecule has 0 unspecified atom stereocenters. The zero-order valence-corrected chi connectivity index (χ0v) is 12.0. The molecule has 2 nitrogen and oxygen atoms in total. The van der Waals surface area contributed by atoms with Crippen molar-refractivity contribution in [3.8, 4) is 0 Å². The number of nitrogens with zero attached hydrogens (tertiary/aromatic N) is 1. The summed E-state index contributed by atoms with van der Waals surface area (Å²) in [4.78, 5) is 0. The fraction of sp³-hybridized carbons (Fsp3) is 0.0625. The van der Waals surface area contributed by atoms with Crippen LogP contribution < -0.4 is 27.3 Å². The number of rotatable bonds is 2. The summed E-state index contributed by atoms with van der Waals surface area (Å²) >= 11 is 0. The third kappa shape index (κ3) is 2.93. The molecule has 0 bridgehead atoms. The van der Waals surface area contributed by atoms with Gasteiger partial charge in [0.15, 0.2) is 12.7 Å². The van der Waals surface area contributed by atoms with E-state index < -0.39 is 0 Å². The molecule has 3 rings (SSSR count). The smallest absolute Gasteiger partial charge is 0.212 e. The first-order chi connectivity index (χ1) is 8.83. The molecule has 0 fully saturated rings. The lowest BCUT2D eigenvalue weighted by Gasteiger charge is -2.02. The van der Waals surface area contributed by atoms with Crippen molar-refractivity contribution in [2.24, 2.45) is 0 Å². The van der Waals surface area contributed by atoms with Crippen molar-refractivity contribution in [3.05, 3.63) is 72.4 Å².